The van der Waals surface area contributed by atoms with Crippen LogP contribution in [-0.4, -0.2) is 21.5 Å². The van der Waals surface area contributed by atoms with Gasteiger partial charge in [0.2, 0.25) is 0 Å². The predicted octanol–water partition coefficient (Wildman–Crippen LogP) is 2.59. The fourth-order valence-electron chi connectivity index (χ4n) is 1.53. The molecule has 1 N–H and O–H groups in total. The molecular weight excluding hydrogens is 300 g/mol. The van der Waals surface area contributed by atoms with Crippen LogP contribution in [0.1, 0.15) is 16.2 Å². The van der Waals surface area contributed by atoms with E-state index in [1.165, 1.54) is 14.2 Å². The van der Waals surface area contributed by atoms with Crippen molar-refractivity contribution >= 4 is 27.3 Å². The van der Waals surface area contributed by atoms with E-state index in [-0.39, 0.29) is 0 Å². The lowest BCUT2D eigenvalue weighted by Gasteiger charge is -2.02. The number of nitrogens with zero attached hydrogens (tertiary/aromatic N) is 3. The van der Waals surface area contributed by atoms with Crippen LogP contribution < -0.4 is 5.32 Å². The highest BCUT2D eigenvalue weighted by molar-refractivity contribution is 9.10. The molecule has 0 atom stereocenters. The molecular formula is C11H15BrN4S. The van der Waals surface area contributed by atoms with Crippen LogP contribution in [0.5, 0.6) is 0 Å². The van der Waals surface area contributed by atoms with E-state index >= 15 is 0 Å². The Hall–Kier alpha value is -0.720. The van der Waals surface area contributed by atoms with Crippen molar-refractivity contribution in [2.45, 2.75) is 26.4 Å². The summed E-state index contributed by atoms with van der Waals surface area (Å²) in [6.45, 7) is 4.98. The van der Waals surface area contributed by atoms with Crippen molar-refractivity contribution in [3.63, 3.8) is 0 Å². The molecule has 0 saturated carbocycles. The van der Waals surface area contributed by atoms with Crippen molar-refractivity contribution in [1.29, 1.82) is 0 Å². The van der Waals surface area contributed by atoms with E-state index in [1.54, 1.807) is 6.20 Å². The van der Waals surface area contributed by atoms with E-state index in [0.29, 0.717) is 0 Å². The zero-order valence-corrected chi connectivity index (χ0v) is 12.1. The van der Waals surface area contributed by atoms with Gasteiger partial charge in [0.05, 0.1) is 6.20 Å². The molecule has 0 aromatic carbocycles. The molecule has 0 saturated heterocycles. The Kier molecular flexibility index (Phi) is 4.70. The second kappa shape index (κ2) is 6.28. The summed E-state index contributed by atoms with van der Waals surface area (Å²) in [6.07, 6.45) is 4.66. The van der Waals surface area contributed by atoms with Crippen molar-refractivity contribution in [3.05, 3.63) is 32.7 Å². The third-order valence-electron chi connectivity index (χ3n) is 2.42. The van der Waals surface area contributed by atoms with Gasteiger partial charge in [0, 0.05) is 33.5 Å². The highest BCUT2D eigenvalue weighted by Gasteiger charge is 2.01. The fraction of sp³-hybridized carbons (Fsp3) is 0.455. The van der Waals surface area contributed by atoms with Crippen LogP contribution >= 0.6 is 27.3 Å². The average Bonchev–Trinajstić information content (AvgIpc) is 2.90. The summed E-state index contributed by atoms with van der Waals surface area (Å²) in [6, 6.07) is 2.18. The molecule has 0 aliphatic rings. The van der Waals surface area contributed by atoms with Crippen LogP contribution in [0.25, 0.3) is 0 Å². The number of thiophene rings is 1. The van der Waals surface area contributed by atoms with Crippen molar-refractivity contribution in [2.24, 2.45) is 0 Å². The molecule has 17 heavy (non-hydrogen) atoms. The zero-order chi connectivity index (χ0) is 12.1. The second-order valence-corrected chi connectivity index (χ2v) is 6.01. The summed E-state index contributed by atoms with van der Waals surface area (Å²) in [5.74, 6) is 0. The molecule has 2 aromatic rings. The van der Waals surface area contributed by atoms with Gasteiger partial charge in [-0.15, -0.1) is 16.4 Å². The monoisotopic (exact) mass is 314 g/mol. The minimum absolute atomic E-state index is 0.917. The zero-order valence-electron chi connectivity index (χ0n) is 9.69. The Morgan fingerprint density at radius 2 is 2.41 bits per heavy atom. The van der Waals surface area contributed by atoms with Gasteiger partial charge in [0.1, 0.15) is 0 Å². The first kappa shape index (κ1) is 12.7. The van der Waals surface area contributed by atoms with Crippen molar-refractivity contribution in [3.8, 4) is 0 Å². The van der Waals surface area contributed by atoms with E-state index in [9.17, 15) is 0 Å². The van der Waals surface area contributed by atoms with Crippen LogP contribution in [0.15, 0.2) is 22.9 Å². The Balaban J connectivity index is 1.63. The Morgan fingerprint density at radius 1 is 1.53 bits per heavy atom. The summed E-state index contributed by atoms with van der Waals surface area (Å²) in [4.78, 5) is 2.71. The highest BCUT2D eigenvalue weighted by Crippen LogP contribution is 2.25. The maximum Gasteiger partial charge on any atom is 0.0692 e. The van der Waals surface area contributed by atoms with Gasteiger partial charge in [-0.25, -0.2) is 0 Å². The first-order valence-electron chi connectivity index (χ1n) is 5.55. The molecule has 0 amide bonds. The molecule has 0 aliphatic carbocycles. The van der Waals surface area contributed by atoms with E-state index in [1.807, 2.05) is 22.2 Å². The molecule has 0 unspecified atom stereocenters. The third kappa shape index (κ3) is 3.90. The summed E-state index contributed by atoms with van der Waals surface area (Å²) in [7, 11) is 0. The minimum atomic E-state index is 0.917. The summed E-state index contributed by atoms with van der Waals surface area (Å²) in [5, 5.41) is 11.1. The maximum atomic E-state index is 3.92. The molecule has 0 fully saturated rings. The van der Waals surface area contributed by atoms with Crippen molar-refractivity contribution in [2.75, 3.05) is 6.54 Å². The van der Waals surface area contributed by atoms with Crippen LogP contribution in [0.3, 0.4) is 0 Å². The van der Waals surface area contributed by atoms with Crippen LogP contribution in [0.2, 0.25) is 0 Å². The average molecular weight is 315 g/mol. The molecule has 0 aliphatic heterocycles. The van der Waals surface area contributed by atoms with Gasteiger partial charge in [0.15, 0.2) is 0 Å². The number of aromatic nitrogens is 3. The number of aryl methyl sites for hydroxylation is 2. The summed E-state index contributed by atoms with van der Waals surface area (Å²) >= 11 is 5.36. The number of hydrogen-bond donors (Lipinski definition) is 1. The van der Waals surface area contributed by atoms with Crippen LogP contribution in [-0.2, 0) is 13.1 Å². The van der Waals surface area contributed by atoms with Gasteiger partial charge in [-0.1, -0.05) is 5.21 Å². The summed E-state index contributed by atoms with van der Waals surface area (Å²) in [5.41, 5.74) is 0. The largest absolute Gasteiger partial charge is 0.312 e. The number of halogens is 1. The lowest BCUT2D eigenvalue weighted by molar-refractivity contribution is 0.531. The molecule has 2 aromatic heterocycles. The Morgan fingerprint density at radius 3 is 3.06 bits per heavy atom. The molecule has 0 bridgehead atoms. The van der Waals surface area contributed by atoms with Gasteiger partial charge in [-0.2, -0.15) is 0 Å². The van der Waals surface area contributed by atoms with E-state index in [2.05, 4.69) is 44.5 Å². The van der Waals surface area contributed by atoms with E-state index in [4.69, 9.17) is 0 Å². The SMILES string of the molecule is Cc1sc(CNCCCn2ccnn2)cc1Br. The fourth-order valence-corrected chi connectivity index (χ4v) is 3.11. The number of nitrogens with one attached hydrogen (secondary N) is 1. The maximum absolute atomic E-state index is 3.92. The molecule has 4 nitrogen and oxygen atoms in total. The van der Waals surface area contributed by atoms with Gasteiger partial charge in [-0.05, 0) is 41.9 Å². The van der Waals surface area contributed by atoms with Crippen molar-refractivity contribution < 1.29 is 0 Å². The van der Waals surface area contributed by atoms with E-state index in [0.717, 1.165) is 26.1 Å². The Labute approximate surface area is 113 Å². The van der Waals surface area contributed by atoms with Gasteiger partial charge in [0.25, 0.3) is 0 Å². The Bertz CT molecular complexity index is 432. The smallest absolute Gasteiger partial charge is 0.0692 e. The molecule has 0 spiro atoms. The third-order valence-corrected chi connectivity index (χ3v) is 4.56. The first-order valence-corrected chi connectivity index (χ1v) is 7.16. The van der Waals surface area contributed by atoms with Crippen LogP contribution in [0, 0.1) is 6.92 Å². The molecule has 6 heteroatoms. The van der Waals surface area contributed by atoms with Crippen molar-refractivity contribution in [1.82, 2.24) is 20.3 Å². The minimum Gasteiger partial charge on any atom is -0.312 e. The quantitative estimate of drug-likeness (QED) is 0.833. The lowest BCUT2D eigenvalue weighted by atomic mass is 10.4. The molecule has 0 radical (unpaired) electrons. The molecule has 2 rings (SSSR count). The highest BCUT2D eigenvalue weighted by atomic mass is 79.9. The molecule has 92 valence electrons. The second-order valence-electron chi connectivity index (χ2n) is 3.81. The van der Waals surface area contributed by atoms with Gasteiger partial charge < -0.3 is 5.32 Å². The lowest BCUT2D eigenvalue weighted by Crippen LogP contribution is -2.16. The van der Waals surface area contributed by atoms with Crippen LogP contribution in [0.4, 0.5) is 0 Å². The normalized spacial score (nSPS) is 10.9. The predicted molar refractivity (Wildman–Crippen MR) is 73.1 cm³/mol. The van der Waals surface area contributed by atoms with Gasteiger partial charge in [-0.3, -0.25) is 4.68 Å². The topological polar surface area (TPSA) is 42.7 Å². The van der Waals surface area contributed by atoms with E-state index < -0.39 is 0 Å². The number of rotatable bonds is 6. The standard InChI is InChI=1S/C11H15BrN4S/c1-9-11(12)7-10(17-9)8-13-3-2-5-16-6-4-14-15-16/h4,6-7,13H,2-3,5,8H2,1H3. The first-order chi connectivity index (χ1) is 8.25. The number of hydrogen-bond acceptors (Lipinski definition) is 4. The van der Waals surface area contributed by atoms with Gasteiger partial charge >= 0.3 is 0 Å². The summed E-state index contributed by atoms with van der Waals surface area (Å²) < 4.78 is 3.06. The molecule has 2 heterocycles.